The molecule has 0 N–H and O–H groups in total. The Morgan fingerprint density at radius 1 is 1.06 bits per heavy atom. The van der Waals surface area contributed by atoms with Crippen LogP contribution in [0.25, 0.3) is 11.1 Å². The van der Waals surface area contributed by atoms with Crippen LogP contribution >= 0.6 is 15.9 Å². The Hall–Kier alpha value is -1.13. The lowest BCUT2D eigenvalue weighted by atomic mass is 10.0. The summed E-state index contributed by atoms with van der Waals surface area (Å²) in [6.07, 6.45) is 0. The Labute approximate surface area is 110 Å². The summed E-state index contributed by atoms with van der Waals surface area (Å²) in [6.45, 7) is 0. The van der Waals surface area contributed by atoms with Gasteiger partial charge in [0, 0.05) is 4.47 Å². The summed E-state index contributed by atoms with van der Waals surface area (Å²) in [4.78, 5) is 0. The quantitative estimate of drug-likeness (QED) is 0.884. The van der Waals surface area contributed by atoms with Crippen LogP contribution in [0.4, 0.5) is 0 Å². The molecule has 0 unspecified atom stereocenters. The van der Waals surface area contributed by atoms with Crippen molar-refractivity contribution in [3.63, 3.8) is 0 Å². The van der Waals surface area contributed by atoms with Crippen LogP contribution in [0.3, 0.4) is 0 Å². The summed E-state index contributed by atoms with van der Waals surface area (Å²) in [5, 5.41) is 0. The minimum absolute atomic E-state index is 0.0414. The second kappa shape index (κ2) is 5.47. The molecule has 0 aliphatic rings. The van der Waals surface area contributed by atoms with Crippen molar-refractivity contribution in [2.45, 2.75) is 5.75 Å². The Morgan fingerprint density at radius 3 is 2.41 bits per heavy atom. The molecule has 17 heavy (non-hydrogen) atoms. The highest BCUT2D eigenvalue weighted by Gasteiger charge is 2.01. The molecule has 2 rings (SSSR count). The number of thiol groups is 1. The van der Waals surface area contributed by atoms with Crippen LogP contribution in [0, 0.1) is 6.07 Å². The van der Waals surface area contributed by atoms with Crippen molar-refractivity contribution in [2.75, 3.05) is 0 Å². The van der Waals surface area contributed by atoms with Gasteiger partial charge in [-0.05, 0) is 34.9 Å². The van der Waals surface area contributed by atoms with Gasteiger partial charge in [-0.15, -0.1) is 0 Å². The predicted molar refractivity (Wildman–Crippen MR) is 72.4 cm³/mol. The smallest absolute Gasteiger partial charge is 0.144 e. The molecule has 4 heteroatoms. The number of benzene rings is 2. The third-order valence-electron chi connectivity index (χ3n) is 2.31. The number of hydrogen-bond donors (Lipinski definition) is 1. The van der Waals surface area contributed by atoms with Gasteiger partial charge in [-0.3, -0.25) is 0 Å². The zero-order valence-electron chi connectivity index (χ0n) is 8.89. The molecule has 2 aromatic rings. The fraction of sp³-hybridized carbons (Fsp3) is 0.0769. The fourth-order valence-electron chi connectivity index (χ4n) is 1.55. The van der Waals surface area contributed by atoms with Crippen molar-refractivity contribution in [3.8, 4) is 11.1 Å². The van der Waals surface area contributed by atoms with Crippen LogP contribution in [0.15, 0.2) is 46.9 Å². The second-order valence-corrected chi connectivity index (χ2v) is 5.48. The van der Waals surface area contributed by atoms with E-state index in [4.69, 9.17) is 0 Å². The van der Waals surface area contributed by atoms with Crippen molar-refractivity contribution >= 4 is 26.6 Å². The van der Waals surface area contributed by atoms with Crippen LogP contribution in [-0.2, 0) is 16.5 Å². The van der Waals surface area contributed by atoms with Gasteiger partial charge in [-0.25, -0.2) is 8.42 Å². The summed E-state index contributed by atoms with van der Waals surface area (Å²) in [7, 11) is -2.40. The van der Waals surface area contributed by atoms with Gasteiger partial charge in [0.05, 0.1) is 5.75 Å². The molecular weight excluding hydrogens is 300 g/mol. The molecule has 2 nitrogen and oxygen atoms in total. The number of rotatable bonds is 3. The van der Waals surface area contributed by atoms with Gasteiger partial charge in [0.2, 0.25) is 0 Å². The Bertz CT molecular complexity index is 581. The van der Waals surface area contributed by atoms with Gasteiger partial charge in [0.1, 0.15) is 10.7 Å². The van der Waals surface area contributed by atoms with E-state index >= 15 is 0 Å². The highest BCUT2D eigenvalue weighted by atomic mass is 79.9. The summed E-state index contributed by atoms with van der Waals surface area (Å²) >= 11 is 3.37. The largest absolute Gasteiger partial charge is 0.232 e. The zero-order valence-corrected chi connectivity index (χ0v) is 11.4. The average molecular weight is 310 g/mol. The molecule has 0 saturated carbocycles. The third-order valence-corrected chi connectivity index (χ3v) is 3.44. The van der Waals surface area contributed by atoms with Crippen molar-refractivity contribution in [3.05, 3.63) is 58.6 Å². The highest BCUT2D eigenvalue weighted by Crippen LogP contribution is 2.22. The molecule has 0 bridgehead atoms. The first-order valence-corrected chi connectivity index (χ1v) is 7.20. The fourth-order valence-corrected chi connectivity index (χ4v) is 2.27. The summed E-state index contributed by atoms with van der Waals surface area (Å²) in [5.74, 6) is 0.0414. The van der Waals surface area contributed by atoms with E-state index in [0.717, 1.165) is 15.6 Å². The number of halogens is 1. The normalized spacial score (nSPS) is 10.7. The lowest BCUT2D eigenvalue weighted by molar-refractivity contribution is 0.614. The van der Waals surface area contributed by atoms with Crippen molar-refractivity contribution in [2.24, 2.45) is 0 Å². The molecule has 2 aromatic carbocycles. The summed E-state index contributed by atoms with van der Waals surface area (Å²) in [5.41, 5.74) is 2.63. The Morgan fingerprint density at radius 2 is 1.76 bits per heavy atom. The van der Waals surface area contributed by atoms with Crippen molar-refractivity contribution < 1.29 is 8.42 Å². The Kier molecular flexibility index (Phi) is 3.97. The average Bonchev–Trinajstić information content (AvgIpc) is 2.29. The van der Waals surface area contributed by atoms with Crippen molar-refractivity contribution in [1.29, 1.82) is 0 Å². The minimum Gasteiger partial charge on any atom is -0.232 e. The molecule has 0 fully saturated rings. The van der Waals surface area contributed by atoms with E-state index in [1.807, 2.05) is 36.4 Å². The van der Waals surface area contributed by atoms with E-state index in [2.05, 4.69) is 22.0 Å². The maximum absolute atomic E-state index is 10.7. The molecule has 87 valence electrons. The van der Waals surface area contributed by atoms with Gasteiger partial charge < -0.3 is 0 Å². The monoisotopic (exact) mass is 309 g/mol. The predicted octanol–water partition coefficient (Wildman–Crippen LogP) is 3.03. The van der Waals surface area contributed by atoms with Crippen LogP contribution in [-0.4, -0.2) is 8.42 Å². The standard InChI is InChI=1S/C13H10BrO2S/c14-13-6-4-11(5-7-13)12-3-1-2-10(8-12)9-17(15)16/h1-7,17H,9H2. The minimum atomic E-state index is -2.40. The van der Waals surface area contributed by atoms with Gasteiger partial charge in [0.15, 0.2) is 0 Å². The van der Waals surface area contributed by atoms with E-state index in [9.17, 15) is 8.42 Å². The SMILES string of the molecule is O=[SH](=O)Cc1[c]c(-c2ccc(Br)cc2)ccc1. The molecule has 0 aliphatic carbocycles. The second-order valence-electron chi connectivity index (χ2n) is 3.59. The van der Waals surface area contributed by atoms with Gasteiger partial charge in [-0.1, -0.05) is 46.3 Å². The first-order chi connectivity index (χ1) is 8.15. The number of hydrogen-bond acceptors (Lipinski definition) is 2. The van der Waals surface area contributed by atoms with Gasteiger partial charge in [0.25, 0.3) is 0 Å². The van der Waals surface area contributed by atoms with E-state index in [0.29, 0.717) is 5.56 Å². The third kappa shape index (κ3) is 3.41. The molecular formula is C13H10BrO2S. The molecule has 0 amide bonds. The van der Waals surface area contributed by atoms with E-state index < -0.39 is 10.7 Å². The molecule has 0 saturated heterocycles. The lowest BCUT2D eigenvalue weighted by Gasteiger charge is -2.03. The van der Waals surface area contributed by atoms with E-state index in [-0.39, 0.29) is 5.75 Å². The highest BCUT2D eigenvalue weighted by molar-refractivity contribution is 9.10. The maximum Gasteiger partial charge on any atom is 0.144 e. The van der Waals surface area contributed by atoms with Crippen LogP contribution in [0.1, 0.15) is 5.56 Å². The van der Waals surface area contributed by atoms with Crippen LogP contribution < -0.4 is 0 Å². The topological polar surface area (TPSA) is 34.1 Å². The van der Waals surface area contributed by atoms with E-state index in [1.165, 1.54) is 0 Å². The first-order valence-electron chi connectivity index (χ1n) is 5.04. The van der Waals surface area contributed by atoms with Crippen LogP contribution in [0.2, 0.25) is 0 Å². The van der Waals surface area contributed by atoms with Gasteiger partial charge >= 0.3 is 0 Å². The van der Waals surface area contributed by atoms with E-state index in [1.54, 1.807) is 6.07 Å². The maximum atomic E-state index is 10.7. The van der Waals surface area contributed by atoms with Crippen molar-refractivity contribution in [1.82, 2.24) is 0 Å². The zero-order chi connectivity index (χ0) is 12.3. The molecule has 0 heterocycles. The first kappa shape index (κ1) is 12.3. The summed E-state index contributed by atoms with van der Waals surface area (Å²) < 4.78 is 22.4. The lowest BCUT2D eigenvalue weighted by Crippen LogP contribution is -1.88. The molecule has 1 radical (unpaired) electrons. The molecule has 0 spiro atoms. The Balaban J connectivity index is 2.35. The van der Waals surface area contributed by atoms with Crippen LogP contribution in [0.5, 0.6) is 0 Å². The molecule has 0 atom stereocenters. The van der Waals surface area contributed by atoms with Gasteiger partial charge in [-0.2, -0.15) is 0 Å². The molecule has 0 aromatic heterocycles. The summed E-state index contributed by atoms with van der Waals surface area (Å²) in [6, 6.07) is 16.5. The molecule has 0 aliphatic heterocycles.